The lowest BCUT2D eigenvalue weighted by Crippen LogP contribution is -2.25. The number of fused-ring (bicyclic) bond motifs is 1. The van der Waals surface area contributed by atoms with Gasteiger partial charge in [0.1, 0.15) is 5.38 Å². The Labute approximate surface area is 125 Å². The number of benzene rings is 1. The molecule has 1 aliphatic heterocycles. The van der Waals surface area contributed by atoms with Gasteiger partial charge in [-0.15, -0.1) is 11.6 Å². The van der Waals surface area contributed by atoms with E-state index in [2.05, 4.69) is 15.9 Å². The van der Waals surface area contributed by atoms with Gasteiger partial charge in [-0.3, -0.25) is 4.79 Å². The molecule has 6 heteroatoms. The maximum atomic E-state index is 11.9. The van der Waals surface area contributed by atoms with E-state index in [0.717, 1.165) is 10.9 Å². The highest BCUT2D eigenvalue weighted by molar-refractivity contribution is 9.10. The summed E-state index contributed by atoms with van der Waals surface area (Å²) in [5.41, 5.74) is 0.691. The number of halogens is 2. The van der Waals surface area contributed by atoms with Gasteiger partial charge in [0.2, 0.25) is 5.91 Å². The number of carbonyl (C=O) groups excluding carboxylic acids is 1. The van der Waals surface area contributed by atoms with Crippen LogP contribution >= 0.6 is 27.5 Å². The fraction of sp³-hybridized carbons (Fsp3) is 0.462. The van der Waals surface area contributed by atoms with Crippen molar-refractivity contribution in [3.05, 3.63) is 22.2 Å². The second kappa shape index (κ2) is 6.01. The van der Waals surface area contributed by atoms with Crippen molar-refractivity contribution in [3.63, 3.8) is 0 Å². The lowest BCUT2D eigenvalue weighted by atomic mass is 10.1. The number of nitrogens with zero attached hydrogens (tertiary/aromatic N) is 1. The number of hydrogen-bond donors (Lipinski definition) is 0. The molecule has 1 unspecified atom stereocenters. The number of carbonyl (C=O) groups is 1. The Kier molecular flexibility index (Phi) is 4.58. The molecule has 0 N–H and O–H groups in total. The van der Waals surface area contributed by atoms with E-state index < -0.39 is 5.38 Å². The molecule has 1 aromatic carbocycles. The van der Waals surface area contributed by atoms with E-state index in [0.29, 0.717) is 30.3 Å². The minimum atomic E-state index is -0.733. The third kappa shape index (κ3) is 3.15. The summed E-state index contributed by atoms with van der Waals surface area (Å²) in [4.78, 5) is 13.4. The normalized spacial score (nSPS) is 15.6. The number of likely N-dealkylation sites (N-methyl/N-ethyl adjacent to an activating group) is 1. The zero-order valence-electron chi connectivity index (χ0n) is 10.8. The molecule has 1 aliphatic rings. The highest BCUT2D eigenvalue weighted by Gasteiger charge is 2.23. The zero-order chi connectivity index (χ0) is 14.0. The second-order valence-electron chi connectivity index (χ2n) is 4.48. The van der Waals surface area contributed by atoms with Crippen LogP contribution in [0.1, 0.15) is 17.4 Å². The molecule has 0 aliphatic carbocycles. The first kappa shape index (κ1) is 14.5. The van der Waals surface area contributed by atoms with Crippen molar-refractivity contribution in [3.8, 4) is 11.5 Å². The molecule has 0 radical (unpaired) electrons. The molecular weight excluding hydrogens is 334 g/mol. The molecule has 1 atom stereocenters. The molecule has 19 heavy (non-hydrogen) atoms. The predicted molar refractivity (Wildman–Crippen MR) is 77.0 cm³/mol. The van der Waals surface area contributed by atoms with Gasteiger partial charge < -0.3 is 14.4 Å². The second-order valence-corrected chi connectivity index (χ2v) is 5.77. The summed E-state index contributed by atoms with van der Waals surface area (Å²) in [6, 6.07) is 3.57. The Bertz CT molecular complexity index is 493. The Balaban J connectivity index is 2.35. The smallest absolute Gasteiger partial charge is 0.244 e. The fourth-order valence-corrected chi connectivity index (χ4v) is 2.66. The summed E-state index contributed by atoms with van der Waals surface area (Å²) in [5, 5.41) is -0.733. The maximum absolute atomic E-state index is 11.9. The van der Waals surface area contributed by atoms with Crippen LogP contribution in [-0.2, 0) is 4.79 Å². The predicted octanol–water partition coefficient (Wildman–Crippen LogP) is 2.98. The third-order valence-electron chi connectivity index (χ3n) is 2.77. The molecule has 0 fully saturated rings. The molecule has 2 rings (SSSR count). The van der Waals surface area contributed by atoms with Gasteiger partial charge in [-0.2, -0.15) is 0 Å². The quantitative estimate of drug-likeness (QED) is 0.771. The number of alkyl halides is 1. The molecule has 0 spiro atoms. The van der Waals surface area contributed by atoms with Crippen molar-refractivity contribution in [2.75, 3.05) is 27.3 Å². The Morgan fingerprint density at radius 2 is 2.05 bits per heavy atom. The van der Waals surface area contributed by atoms with Crippen LogP contribution in [0.4, 0.5) is 0 Å². The molecule has 0 bridgehead atoms. The van der Waals surface area contributed by atoms with Crippen LogP contribution in [0.25, 0.3) is 0 Å². The van der Waals surface area contributed by atoms with Crippen molar-refractivity contribution in [1.29, 1.82) is 0 Å². The van der Waals surface area contributed by atoms with E-state index >= 15 is 0 Å². The molecule has 0 saturated heterocycles. The highest BCUT2D eigenvalue weighted by Crippen LogP contribution is 2.40. The van der Waals surface area contributed by atoms with Gasteiger partial charge in [-0.1, -0.05) is 0 Å². The van der Waals surface area contributed by atoms with Gasteiger partial charge in [0.15, 0.2) is 11.5 Å². The molecule has 104 valence electrons. The highest BCUT2D eigenvalue weighted by atomic mass is 79.9. The zero-order valence-corrected chi connectivity index (χ0v) is 13.1. The first-order valence-electron chi connectivity index (χ1n) is 5.95. The van der Waals surface area contributed by atoms with Gasteiger partial charge in [-0.25, -0.2) is 0 Å². The SMILES string of the molecule is CN(C)C(=O)C(Cl)c1cc(Br)c2c(c1)OCCCO2. The van der Waals surface area contributed by atoms with E-state index in [-0.39, 0.29) is 5.91 Å². The average Bonchev–Trinajstić information content (AvgIpc) is 2.62. The van der Waals surface area contributed by atoms with Crippen LogP contribution in [0, 0.1) is 0 Å². The topological polar surface area (TPSA) is 38.8 Å². The first-order valence-corrected chi connectivity index (χ1v) is 7.18. The Morgan fingerprint density at radius 3 is 2.74 bits per heavy atom. The van der Waals surface area contributed by atoms with Gasteiger partial charge in [0.05, 0.1) is 17.7 Å². The Morgan fingerprint density at radius 1 is 1.37 bits per heavy atom. The van der Waals surface area contributed by atoms with E-state index in [9.17, 15) is 4.79 Å². The molecule has 1 amide bonds. The summed E-state index contributed by atoms with van der Waals surface area (Å²) < 4.78 is 12.0. The standard InChI is InChI=1S/C13H15BrClNO3/c1-16(2)13(17)11(15)8-6-9(14)12-10(7-8)18-4-3-5-19-12/h6-7,11H,3-5H2,1-2H3. The molecular formula is C13H15BrClNO3. The van der Waals surface area contributed by atoms with Crippen LogP contribution in [0.2, 0.25) is 0 Å². The van der Waals surface area contributed by atoms with Crippen LogP contribution < -0.4 is 9.47 Å². The number of hydrogen-bond acceptors (Lipinski definition) is 3. The summed E-state index contributed by atoms with van der Waals surface area (Å²) in [7, 11) is 3.35. The van der Waals surface area contributed by atoms with Gasteiger partial charge >= 0.3 is 0 Å². The van der Waals surface area contributed by atoms with Crippen molar-refractivity contribution in [1.82, 2.24) is 4.90 Å². The van der Waals surface area contributed by atoms with Gasteiger partial charge in [0.25, 0.3) is 0 Å². The van der Waals surface area contributed by atoms with Crippen molar-refractivity contribution < 1.29 is 14.3 Å². The first-order chi connectivity index (χ1) is 9.00. The number of ether oxygens (including phenoxy) is 2. The molecule has 0 aromatic heterocycles. The summed E-state index contributed by atoms with van der Waals surface area (Å²) in [6.07, 6.45) is 0.831. The molecule has 4 nitrogen and oxygen atoms in total. The Hall–Kier alpha value is -0.940. The van der Waals surface area contributed by atoms with Crippen LogP contribution in [0.15, 0.2) is 16.6 Å². The van der Waals surface area contributed by atoms with Crippen LogP contribution in [-0.4, -0.2) is 38.1 Å². The summed E-state index contributed by atoms with van der Waals surface area (Å²) in [5.74, 6) is 1.13. The van der Waals surface area contributed by atoms with Gasteiger partial charge in [0, 0.05) is 20.5 Å². The van der Waals surface area contributed by atoms with Crippen molar-refractivity contribution in [2.24, 2.45) is 0 Å². The van der Waals surface area contributed by atoms with E-state index in [1.165, 1.54) is 4.90 Å². The lowest BCUT2D eigenvalue weighted by Gasteiger charge is -2.17. The fourth-order valence-electron chi connectivity index (χ4n) is 1.77. The van der Waals surface area contributed by atoms with E-state index in [4.69, 9.17) is 21.1 Å². The lowest BCUT2D eigenvalue weighted by molar-refractivity contribution is -0.128. The maximum Gasteiger partial charge on any atom is 0.244 e. The molecule has 0 saturated carbocycles. The summed E-state index contributed by atoms with van der Waals surface area (Å²) in [6.45, 7) is 1.21. The van der Waals surface area contributed by atoms with Crippen molar-refractivity contribution in [2.45, 2.75) is 11.8 Å². The average molecular weight is 349 g/mol. The molecule has 1 heterocycles. The largest absolute Gasteiger partial charge is 0.490 e. The van der Waals surface area contributed by atoms with Crippen molar-refractivity contribution >= 4 is 33.4 Å². The van der Waals surface area contributed by atoms with E-state index in [1.807, 2.05) is 0 Å². The van der Waals surface area contributed by atoms with Gasteiger partial charge in [-0.05, 0) is 33.6 Å². The number of rotatable bonds is 2. The minimum Gasteiger partial charge on any atom is -0.490 e. The molecule has 1 aromatic rings. The van der Waals surface area contributed by atoms with E-state index in [1.54, 1.807) is 26.2 Å². The monoisotopic (exact) mass is 347 g/mol. The summed E-state index contributed by atoms with van der Waals surface area (Å²) >= 11 is 9.63. The number of amides is 1. The van der Waals surface area contributed by atoms with Crippen LogP contribution in [0.3, 0.4) is 0 Å². The van der Waals surface area contributed by atoms with Crippen LogP contribution in [0.5, 0.6) is 11.5 Å². The third-order valence-corrected chi connectivity index (χ3v) is 3.80. The minimum absolute atomic E-state index is 0.164.